The lowest BCUT2D eigenvalue weighted by Crippen LogP contribution is -2.12. The van der Waals surface area contributed by atoms with E-state index in [0.29, 0.717) is 5.56 Å². The maximum atomic E-state index is 13.4. The highest BCUT2D eigenvalue weighted by molar-refractivity contribution is 5.95. The Morgan fingerprint density at radius 2 is 1.33 bits per heavy atom. The zero-order valence-corrected chi connectivity index (χ0v) is 18.9. The molecule has 1 aromatic heterocycles. The Morgan fingerprint density at radius 3 is 1.88 bits per heavy atom. The van der Waals surface area contributed by atoms with Gasteiger partial charge in [-0.15, -0.1) is 0 Å². The molecule has 0 aliphatic carbocycles. The molecule has 0 aliphatic heterocycles. The number of methoxy groups -OCH3 is 4. The van der Waals surface area contributed by atoms with Crippen LogP contribution in [0.25, 0.3) is 22.3 Å². The quantitative estimate of drug-likeness (QED) is 0.385. The predicted molar refractivity (Wildman–Crippen MR) is 117 cm³/mol. The molecule has 0 spiro atoms. The van der Waals surface area contributed by atoms with Crippen molar-refractivity contribution in [2.24, 2.45) is 0 Å². The molecule has 3 rings (SSSR count). The van der Waals surface area contributed by atoms with Crippen LogP contribution in [0.4, 0.5) is 0 Å². The monoisotopic (exact) mass is 458 g/mol. The molecule has 174 valence electrons. The first kappa shape index (κ1) is 23.5. The van der Waals surface area contributed by atoms with Crippen molar-refractivity contribution in [2.45, 2.75) is 13.8 Å². The van der Waals surface area contributed by atoms with Gasteiger partial charge < -0.3 is 32.8 Å². The maximum absolute atomic E-state index is 13.4. The summed E-state index contributed by atoms with van der Waals surface area (Å²) >= 11 is 0. The summed E-state index contributed by atoms with van der Waals surface area (Å²) in [5, 5.41) is -0.0630. The largest absolute Gasteiger partial charge is 0.493 e. The van der Waals surface area contributed by atoms with E-state index in [1.165, 1.54) is 60.5 Å². The zero-order chi connectivity index (χ0) is 24.3. The van der Waals surface area contributed by atoms with Gasteiger partial charge in [0.15, 0.2) is 28.6 Å². The number of esters is 2. The average molecular weight is 458 g/mol. The van der Waals surface area contributed by atoms with Crippen LogP contribution in [0.3, 0.4) is 0 Å². The third-order valence-electron chi connectivity index (χ3n) is 4.57. The lowest BCUT2D eigenvalue weighted by molar-refractivity contribution is -0.132. The van der Waals surface area contributed by atoms with Crippen LogP contribution in [-0.4, -0.2) is 40.4 Å². The number of fused-ring (bicyclic) bond motifs is 1. The summed E-state index contributed by atoms with van der Waals surface area (Å²) in [5.41, 5.74) is -0.233. The molecule has 0 bridgehead atoms. The summed E-state index contributed by atoms with van der Waals surface area (Å²) in [5.74, 6) is -0.624. The molecule has 1 heterocycles. The van der Waals surface area contributed by atoms with Crippen LogP contribution in [0.1, 0.15) is 13.8 Å². The molecule has 0 saturated heterocycles. The Labute approximate surface area is 188 Å². The zero-order valence-electron chi connectivity index (χ0n) is 18.9. The molecule has 0 aliphatic rings. The van der Waals surface area contributed by atoms with Gasteiger partial charge in [-0.3, -0.25) is 14.4 Å². The van der Waals surface area contributed by atoms with E-state index in [1.54, 1.807) is 6.07 Å². The smallest absolute Gasteiger partial charge is 0.308 e. The highest BCUT2D eigenvalue weighted by Gasteiger charge is 2.26. The van der Waals surface area contributed by atoms with Crippen molar-refractivity contribution in [2.75, 3.05) is 28.4 Å². The van der Waals surface area contributed by atoms with E-state index in [9.17, 15) is 14.4 Å². The van der Waals surface area contributed by atoms with Gasteiger partial charge in [0.1, 0.15) is 11.1 Å². The van der Waals surface area contributed by atoms with Crippen LogP contribution in [0.5, 0.6) is 34.5 Å². The molecular formula is C23H22O10. The molecule has 0 radical (unpaired) electrons. The topological polar surface area (TPSA) is 120 Å². The number of benzene rings is 2. The molecular weight excluding hydrogens is 436 g/mol. The number of hydrogen-bond donors (Lipinski definition) is 0. The van der Waals surface area contributed by atoms with Crippen molar-refractivity contribution in [3.8, 4) is 45.8 Å². The Bertz CT molecular complexity index is 1290. The first-order valence-corrected chi connectivity index (χ1v) is 9.60. The van der Waals surface area contributed by atoms with Crippen molar-refractivity contribution in [1.82, 2.24) is 0 Å². The first-order valence-electron chi connectivity index (χ1n) is 9.60. The second kappa shape index (κ2) is 9.51. The fourth-order valence-electron chi connectivity index (χ4n) is 3.28. The van der Waals surface area contributed by atoms with E-state index in [4.69, 9.17) is 32.8 Å². The van der Waals surface area contributed by atoms with E-state index in [-0.39, 0.29) is 51.2 Å². The van der Waals surface area contributed by atoms with E-state index < -0.39 is 17.4 Å². The van der Waals surface area contributed by atoms with Gasteiger partial charge in [-0.2, -0.15) is 0 Å². The summed E-state index contributed by atoms with van der Waals surface area (Å²) < 4.78 is 37.8. The summed E-state index contributed by atoms with van der Waals surface area (Å²) in [6.45, 7) is 2.46. The number of carbonyl (C=O) groups is 2. The maximum Gasteiger partial charge on any atom is 0.308 e. The molecule has 10 heteroatoms. The molecule has 2 aromatic carbocycles. The lowest BCUT2D eigenvalue weighted by atomic mass is 10.1. The molecule has 0 N–H and O–H groups in total. The Hall–Kier alpha value is -4.21. The number of carbonyl (C=O) groups excluding carboxylic acids is 2. The standard InChI is InChI=1S/C23H22O10/c1-11(24)31-14-8-7-13(9-15(14)27-3)20-23(30-6)19(26)18-16(32-12(2)25)10-17(28-4)21(29-5)22(18)33-20/h7-10H,1-6H3. The highest BCUT2D eigenvalue weighted by atomic mass is 16.6. The molecule has 10 nitrogen and oxygen atoms in total. The average Bonchev–Trinajstić information content (AvgIpc) is 2.77. The lowest BCUT2D eigenvalue weighted by Gasteiger charge is -2.16. The van der Waals surface area contributed by atoms with Crippen LogP contribution in [-0.2, 0) is 9.59 Å². The Kier molecular flexibility index (Phi) is 6.76. The Balaban J connectivity index is 2.39. The predicted octanol–water partition coefficient (Wildman–Crippen LogP) is 3.35. The van der Waals surface area contributed by atoms with Gasteiger partial charge in [0.25, 0.3) is 0 Å². The SMILES string of the molecule is COc1cc(-c2oc3c(OC)c(OC)cc(OC(C)=O)c3c(=O)c2OC)ccc1OC(C)=O. The van der Waals surface area contributed by atoms with Gasteiger partial charge in [-0.05, 0) is 18.2 Å². The summed E-state index contributed by atoms with van der Waals surface area (Å²) in [6, 6.07) is 5.93. The fourth-order valence-corrected chi connectivity index (χ4v) is 3.28. The van der Waals surface area contributed by atoms with Gasteiger partial charge in [-0.1, -0.05) is 0 Å². The van der Waals surface area contributed by atoms with Crippen LogP contribution in [0.2, 0.25) is 0 Å². The molecule has 0 saturated carbocycles. The highest BCUT2D eigenvalue weighted by Crippen LogP contribution is 2.44. The third kappa shape index (κ3) is 4.40. The van der Waals surface area contributed by atoms with E-state index in [1.807, 2.05) is 0 Å². The van der Waals surface area contributed by atoms with Crippen LogP contribution in [0, 0.1) is 0 Å². The van der Waals surface area contributed by atoms with E-state index >= 15 is 0 Å². The van der Waals surface area contributed by atoms with Crippen LogP contribution < -0.4 is 33.8 Å². The minimum Gasteiger partial charge on any atom is -0.493 e. The molecule has 0 fully saturated rings. The molecule has 0 atom stereocenters. The van der Waals surface area contributed by atoms with Gasteiger partial charge in [0.05, 0.1) is 28.4 Å². The fraction of sp³-hybridized carbons (Fsp3) is 0.261. The number of hydrogen-bond acceptors (Lipinski definition) is 10. The molecule has 0 amide bonds. The molecule has 33 heavy (non-hydrogen) atoms. The van der Waals surface area contributed by atoms with Gasteiger partial charge in [-0.25, -0.2) is 0 Å². The third-order valence-corrected chi connectivity index (χ3v) is 4.57. The summed E-state index contributed by atoms with van der Waals surface area (Å²) in [6.07, 6.45) is 0. The molecule has 0 unspecified atom stereocenters. The van der Waals surface area contributed by atoms with Gasteiger partial charge in [0.2, 0.25) is 16.9 Å². The second-order valence-corrected chi connectivity index (χ2v) is 6.66. The van der Waals surface area contributed by atoms with Crippen molar-refractivity contribution < 1.29 is 42.4 Å². The van der Waals surface area contributed by atoms with Crippen molar-refractivity contribution in [3.63, 3.8) is 0 Å². The van der Waals surface area contributed by atoms with Crippen LogP contribution >= 0.6 is 0 Å². The van der Waals surface area contributed by atoms with Gasteiger partial charge in [0, 0.05) is 25.5 Å². The number of ether oxygens (including phenoxy) is 6. The minimum absolute atomic E-state index is 0.0167. The minimum atomic E-state index is -0.642. The van der Waals surface area contributed by atoms with Gasteiger partial charge >= 0.3 is 11.9 Å². The van der Waals surface area contributed by atoms with Crippen molar-refractivity contribution in [1.29, 1.82) is 0 Å². The normalized spacial score (nSPS) is 10.5. The van der Waals surface area contributed by atoms with E-state index in [2.05, 4.69) is 0 Å². The molecule has 3 aromatic rings. The number of rotatable bonds is 7. The summed E-state index contributed by atoms with van der Waals surface area (Å²) in [4.78, 5) is 36.4. The van der Waals surface area contributed by atoms with Crippen molar-refractivity contribution >= 4 is 22.9 Å². The summed E-state index contributed by atoms with van der Waals surface area (Å²) in [7, 11) is 5.48. The van der Waals surface area contributed by atoms with Crippen LogP contribution in [0.15, 0.2) is 33.5 Å². The van der Waals surface area contributed by atoms with Crippen molar-refractivity contribution in [3.05, 3.63) is 34.5 Å². The van der Waals surface area contributed by atoms with E-state index in [0.717, 1.165) is 0 Å². The Morgan fingerprint density at radius 1 is 0.727 bits per heavy atom. The first-order chi connectivity index (χ1) is 15.7. The second-order valence-electron chi connectivity index (χ2n) is 6.66.